The van der Waals surface area contributed by atoms with E-state index in [0.29, 0.717) is 11.8 Å². The summed E-state index contributed by atoms with van der Waals surface area (Å²) in [4.78, 5) is 22.5. The molecule has 1 aromatic rings. The van der Waals surface area contributed by atoms with Gasteiger partial charge in [0.2, 0.25) is 5.91 Å². The number of piperazine rings is 1. The first-order valence-electron chi connectivity index (χ1n) is 9.74. The van der Waals surface area contributed by atoms with Crippen molar-refractivity contribution in [1.29, 1.82) is 0 Å². The number of aliphatic imine (C=N–C) groups is 1. The Morgan fingerprint density at radius 1 is 1.23 bits per heavy atom. The highest BCUT2D eigenvalue weighted by molar-refractivity contribution is 7.09. The number of guanidine groups is 1. The van der Waals surface area contributed by atoms with Crippen molar-refractivity contribution in [3.05, 3.63) is 22.4 Å². The van der Waals surface area contributed by atoms with Crippen molar-refractivity contribution in [2.24, 2.45) is 10.9 Å². The van der Waals surface area contributed by atoms with Crippen molar-refractivity contribution in [3.63, 3.8) is 0 Å². The zero-order chi connectivity index (χ0) is 18.2. The van der Waals surface area contributed by atoms with E-state index in [1.807, 2.05) is 7.05 Å². The molecule has 0 unspecified atom stereocenters. The lowest BCUT2D eigenvalue weighted by molar-refractivity contribution is -0.139. The average molecular weight is 378 g/mol. The molecule has 1 saturated carbocycles. The van der Waals surface area contributed by atoms with Gasteiger partial charge in [-0.25, -0.2) is 0 Å². The van der Waals surface area contributed by atoms with Crippen LogP contribution >= 0.6 is 11.3 Å². The van der Waals surface area contributed by atoms with Crippen LogP contribution in [0.25, 0.3) is 0 Å². The molecule has 0 spiro atoms. The molecule has 3 rings (SSSR count). The summed E-state index contributed by atoms with van der Waals surface area (Å²) in [5.41, 5.74) is 0. The Morgan fingerprint density at radius 3 is 2.62 bits per heavy atom. The van der Waals surface area contributed by atoms with Crippen LogP contribution in [0, 0.1) is 5.92 Å². The highest BCUT2D eigenvalue weighted by atomic mass is 32.1. The maximum atomic E-state index is 12.3. The average Bonchev–Trinajstić information content (AvgIpc) is 3.13. The van der Waals surface area contributed by atoms with Crippen LogP contribution in [0.15, 0.2) is 22.5 Å². The summed E-state index contributed by atoms with van der Waals surface area (Å²) in [7, 11) is 1.81. The van der Waals surface area contributed by atoms with Crippen LogP contribution in [0.2, 0.25) is 0 Å². The Labute approximate surface area is 160 Å². The molecule has 7 heteroatoms. The second kappa shape index (κ2) is 9.92. The first-order valence-corrected chi connectivity index (χ1v) is 10.6. The maximum Gasteiger partial charge on any atom is 0.225 e. The van der Waals surface area contributed by atoms with Gasteiger partial charge in [0.05, 0.1) is 0 Å². The number of amides is 1. The lowest BCUT2D eigenvalue weighted by atomic mass is 9.84. The Morgan fingerprint density at radius 2 is 2.00 bits per heavy atom. The molecular formula is C19H31N5OS. The van der Waals surface area contributed by atoms with Crippen molar-refractivity contribution in [2.45, 2.75) is 25.7 Å². The van der Waals surface area contributed by atoms with E-state index in [1.165, 1.54) is 11.3 Å². The Bertz CT molecular complexity index is 577. The summed E-state index contributed by atoms with van der Waals surface area (Å²) in [6, 6.07) is 4.25. The van der Waals surface area contributed by atoms with E-state index in [2.05, 4.69) is 42.9 Å². The fourth-order valence-electron chi connectivity index (χ4n) is 3.42. The summed E-state index contributed by atoms with van der Waals surface area (Å²) < 4.78 is 0. The minimum atomic E-state index is 0.326. The molecule has 0 radical (unpaired) electrons. The summed E-state index contributed by atoms with van der Waals surface area (Å²) in [6.45, 7) is 6.45. The first kappa shape index (κ1) is 19.2. The van der Waals surface area contributed by atoms with E-state index in [-0.39, 0.29) is 0 Å². The lowest BCUT2D eigenvalue weighted by Crippen LogP contribution is -2.52. The van der Waals surface area contributed by atoms with Gasteiger partial charge in [-0.3, -0.25) is 14.7 Å². The molecule has 0 atom stereocenters. The number of rotatable bonds is 7. The summed E-state index contributed by atoms with van der Waals surface area (Å²) in [5.74, 6) is 1.58. The molecule has 1 aromatic heterocycles. The molecule has 6 nitrogen and oxygen atoms in total. The molecule has 2 N–H and O–H groups in total. The fraction of sp³-hybridized carbons (Fsp3) is 0.684. The van der Waals surface area contributed by atoms with Gasteiger partial charge < -0.3 is 15.5 Å². The van der Waals surface area contributed by atoms with Crippen molar-refractivity contribution in [1.82, 2.24) is 20.4 Å². The number of hydrogen-bond acceptors (Lipinski definition) is 4. The maximum absolute atomic E-state index is 12.3. The monoisotopic (exact) mass is 377 g/mol. The van der Waals surface area contributed by atoms with E-state index in [9.17, 15) is 4.79 Å². The predicted molar refractivity (Wildman–Crippen MR) is 108 cm³/mol. The molecule has 0 bridgehead atoms. The van der Waals surface area contributed by atoms with Gasteiger partial charge in [0.1, 0.15) is 0 Å². The van der Waals surface area contributed by atoms with Gasteiger partial charge in [-0.05, 0) is 30.7 Å². The molecule has 1 amide bonds. The molecule has 2 aliphatic rings. The molecule has 144 valence electrons. The topological polar surface area (TPSA) is 60.0 Å². The zero-order valence-electron chi connectivity index (χ0n) is 15.7. The number of nitrogens with zero attached hydrogens (tertiary/aromatic N) is 3. The molecule has 1 saturated heterocycles. The molecular weight excluding hydrogens is 346 g/mol. The number of hydrogen-bond donors (Lipinski definition) is 2. The summed E-state index contributed by atoms with van der Waals surface area (Å²) >= 11 is 1.79. The largest absolute Gasteiger partial charge is 0.356 e. The molecule has 26 heavy (non-hydrogen) atoms. The van der Waals surface area contributed by atoms with Crippen LogP contribution in [0.4, 0.5) is 0 Å². The molecule has 1 aliphatic heterocycles. The van der Waals surface area contributed by atoms with Crippen LogP contribution in [0.1, 0.15) is 24.1 Å². The molecule has 1 aliphatic carbocycles. The SMILES string of the molecule is CN=C(NCCc1cccs1)NCCN1CCN(C(=O)C2CCC2)CC1. The number of nitrogens with one attached hydrogen (secondary N) is 2. The van der Waals surface area contributed by atoms with Gasteiger partial charge >= 0.3 is 0 Å². The lowest BCUT2D eigenvalue weighted by Gasteiger charge is -2.38. The fourth-order valence-corrected chi connectivity index (χ4v) is 4.13. The smallest absolute Gasteiger partial charge is 0.225 e. The highest BCUT2D eigenvalue weighted by Crippen LogP contribution is 2.28. The second-order valence-corrected chi connectivity index (χ2v) is 8.08. The Hall–Kier alpha value is -1.60. The minimum Gasteiger partial charge on any atom is -0.356 e. The van der Waals surface area contributed by atoms with Crippen LogP contribution in [0.5, 0.6) is 0 Å². The first-order chi connectivity index (χ1) is 12.8. The van der Waals surface area contributed by atoms with E-state index in [4.69, 9.17) is 0 Å². The van der Waals surface area contributed by atoms with E-state index < -0.39 is 0 Å². The van der Waals surface area contributed by atoms with Gasteiger partial charge in [0.25, 0.3) is 0 Å². The number of thiophene rings is 1. The van der Waals surface area contributed by atoms with Gasteiger partial charge in [-0.2, -0.15) is 0 Å². The van der Waals surface area contributed by atoms with Gasteiger partial charge in [-0.15, -0.1) is 11.3 Å². The second-order valence-electron chi connectivity index (χ2n) is 7.05. The highest BCUT2D eigenvalue weighted by Gasteiger charge is 2.30. The minimum absolute atomic E-state index is 0.326. The van der Waals surface area contributed by atoms with E-state index in [1.54, 1.807) is 11.3 Å². The Balaban J connectivity index is 1.27. The van der Waals surface area contributed by atoms with Gasteiger partial charge in [-0.1, -0.05) is 12.5 Å². The van der Waals surface area contributed by atoms with Crippen molar-refractivity contribution >= 4 is 23.2 Å². The Kier molecular flexibility index (Phi) is 7.32. The third kappa shape index (κ3) is 5.45. The van der Waals surface area contributed by atoms with Crippen molar-refractivity contribution in [3.8, 4) is 0 Å². The third-order valence-electron chi connectivity index (χ3n) is 5.33. The number of carbonyl (C=O) groups excluding carboxylic acids is 1. The van der Waals surface area contributed by atoms with Crippen LogP contribution in [-0.4, -0.2) is 74.5 Å². The van der Waals surface area contributed by atoms with Crippen molar-refractivity contribution < 1.29 is 4.79 Å². The van der Waals surface area contributed by atoms with Gasteiger partial charge in [0, 0.05) is 63.7 Å². The summed E-state index contributed by atoms with van der Waals surface area (Å²) in [5, 5.41) is 8.87. The normalized spacial score (nSPS) is 19.3. The number of carbonyl (C=O) groups is 1. The third-order valence-corrected chi connectivity index (χ3v) is 6.26. The van der Waals surface area contributed by atoms with Crippen LogP contribution in [-0.2, 0) is 11.2 Å². The quantitative estimate of drug-likeness (QED) is 0.557. The zero-order valence-corrected chi connectivity index (χ0v) is 16.6. The van der Waals surface area contributed by atoms with Crippen LogP contribution in [0.3, 0.4) is 0 Å². The van der Waals surface area contributed by atoms with Gasteiger partial charge in [0.15, 0.2) is 5.96 Å². The summed E-state index contributed by atoms with van der Waals surface area (Å²) in [6.07, 6.45) is 4.45. The van der Waals surface area contributed by atoms with E-state index in [0.717, 1.165) is 71.0 Å². The predicted octanol–water partition coefficient (Wildman–Crippen LogP) is 1.40. The van der Waals surface area contributed by atoms with Crippen molar-refractivity contribution in [2.75, 3.05) is 52.9 Å². The molecule has 2 fully saturated rings. The standard InChI is InChI=1S/C19H31N5OS/c1-20-19(21-8-7-17-6-3-15-26-17)22-9-10-23-11-13-24(14-12-23)18(25)16-4-2-5-16/h3,6,15-16H,2,4-5,7-14H2,1H3,(H2,20,21,22). The van der Waals surface area contributed by atoms with E-state index >= 15 is 0 Å². The molecule has 2 heterocycles. The molecule has 0 aromatic carbocycles. The van der Waals surface area contributed by atoms with Crippen LogP contribution < -0.4 is 10.6 Å².